The minimum absolute atomic E-state index is 0.0103. The van der Waals surface area contributed by atoms with Crippen molar-refractivity contribution in [2.75, 3.05) is 11.9 Å². The number of fused-ring (bicyclic) bond motifs is 2. The molecule has 1 aliphatic rings. The smallest absolute Gasteiger partial charge is 0.272 e. The second kappa shape index (κ2) is 8.66. The summed E-state index contributed by atoms with van der Waals surface area (Å²) in [6, 6.07) is 5.28. The van der Waals surface area contributed by atoms with E-state index in [4.69, 9.17) is 4.74 Å². The third-order valence-corrected chi connectivity index (χ3v) is 5.41. The van der Waals surface area contributed by atoms with E-state index in [-0.39, 0.29) is 42.6 Å². The maximum atomic E-state index is 12.8. The predicted octanol–water partition coefficient (Wildman–Crippen LogP) is 1.99. The van der Waals surface area contributed by atoms with Crippen molar-refractivity contribution in [3.63, 3.8) is 0 Å². The Labute approximate surface area is 184 Å². The number of nitrogens with one attached hydrogen (secondary N) is 4. The number of anilines is 1. The number of hydrogen-bond donors (Lipinski definition) is 4. The number of aromatic amines is 1. The predicted molar refractivity (Wildman–Crippen MR) is 117 cm³/mol. The molecule has 0 bridgehead atoms. The van der Waals surface area contributed by atoms with E-state index >= 15 is 0 Å². The molecule has 3 aromatic rings. The molecule has 166 valence electrons. The number of H-pyrrole nitrogens is 1. The van der Waals surface area contributed by atoms with E-state index in [1.807, 2.05) is 20.8 Å². The zero-order valence-electron chi connectivity index (χ0n) is 18.0. The fourth-order valence-electron chi connectivity index (χ4n) is 3.24. The van der Waals surface area contributed by atoms with Gasteiger partial charge in [-0.15, -0.1) is 0 Å². The van der Waals surface area contributed by atoms with Crippen LogP contribution in [0.4, 0.5) is 5.69 Å². The SMILES string of the molecule is CC(C)[C@H](C)NC(=O)c1c[nH]c2c(C(=O)NCc3ccc4c(c3)NC(=O)CO4)ncnc12. The summed E-state index contributed by atoms with van der Waals surface area (Å²) >= 11 is 0. The van der Waals surface area contributed by atoms with E-state index in [0.717, 1.165) is 5.56 Å². The number of carbonyl (C=O) groups excluding carboxylic acids is 3. The molecule has 0 radical (unpaired) electrons. The molecule has 3 heterocycles. The molecular weight excluding hydrogens is 412 g/mol. The lowest BCUT2D eigenvalue weighted by molar-refractivity contribution is -0.118. The molecule has 0 unspecified atom stereocenters. The minimum Gasteiger partial charge on any atom is -0.482 e. The summed E-state index contributed by atoms with van der Waals surface area (Å²) in [5, 5.41) is 8.48. The van der Waals surface area contributed by atoms with E-state index < -0.39 is 5.91 Å². The molecule has 1 aliphatic heterocycles. The van der Waals surface area contributed by atoms with Gasteiger partial charge in [-0.2, -0.15) is 0 Å². The first kappa shape index (κ1) is 21.3. The Balaban J connectivity index is 1.50. The van der Waals surface area contributed by atoms with Crippen LogP contribution in [0.1, 0.15) is 47.2 Å². The molecule has 4 N–H and O–H groups in total. The maximum Gasteiger partial charge on any atom is 0.272 e. The zero-order valence-corrected chi connectivity index (χ0v) is 18.0. The minimum atomic E-state index is -0.417. The molecule has 3 amide bonds. The second-order valence-electron chi connectivity index (χ2n) is 8.00. The van der Waals surface area contributed by atoms with Gasteiger partial charge < -0.3 is 25.7 Å². The van der Waals surface area contributed by atoms with Crippen LogP contribution in [0.2, 0.25) is 0 Å². The van der Waals surface area contributed by atoms with Crippen LogP contribution in [0.5, 0.6) is 5.75 Å². The number of hydrogen-bond acceptors (Lipinski definition) is 6. The van der Waals surface area contributed by atoms with Crippen molar-refractivity contribution in [1.82, 2.24) is 25.6 Å². The van der Waals surface area contributed by atoms with Crippen LogP contribution in [0.15, 0.2) is 30.7 Å². The molecule has 4 rings (SSSR count). The molecule has 10 nitrogen and oxygen atoms in total. The molecule has 0 fully saturated rings. The van der Waals surface area contributed by atoms with E-state index in [2.05, 4.69) is 30.9 Å². The summed E-state index contributed by atoms with van der Waals surface area (Å²) in [7, 11) is 0. The fourth-order valence-corrected chi connectivity index (χ4v) is 3.24. The summed E-state index contributed by atoms with van der Waals surface area (Å²) in [6.07, 6.45) is 2.80. The van der Waals surface area contributed by atoms with Crippen molar-refractivity contribution >= 4 is 34.4 Å². The van der Waals surface area contributed by atoms with Gasteiger partial charge in [0.1, 0.15) is 17.6 Å². The number of nitrogens with zero attached hydrogens (tertiary/aromatic N) is 2. The summed E-state index contributed by atoms with van der Waals surface area (Å²) < 4.78 is 5.34. The standard InChI is InChI=1S/C22H24N6O4/c1-11(2)12(3)27-21(30)14-8-23-19-18(14)25-10-26-20(19)22(31)24-7-13-4-5-16-15(6-13)28-17(29)9-32-16/h4-6,8,10-12,23H,7,9H2,1-3H3,(H,24,31)(H,27,30)(H,28,29)/t12-/m0/s1. The summed E-state index contributed by atoms with van der Waals surface area (Å²) in [4.78, 5) is 48.2. The van der Waals surface area contributed by atoms with Gasteiger partial charge in [0.25, 0.3) is 17.7 Å². The van der Waals surface area contributed by atoms with Gasteiger partial charge in [0, 0.05) is 18.8 Å². The Hall–Kier alpha value is -3.95. The number of ether oxygens (including phenoxy) is 1. The lowest BCUT2D eigenvalue weighted by Gasteiger charge is -2.18. The van der Waals surface area contributed by atoms with Crippen LogP contribution in [-0.2, 0) is 11.3 Å². The molecule has 0 saturated carbocycles. The monoisotopic (exact) mass is 436 g/mol. The molecule has 0 spiro atoms. The van der Waals surface area contributed by atoms with Crippen molar-refractivity contribution in [1.29, 1.82) is 0 Å². The van der Waals surface area contributed by atoms with Crippen molar-refractivity contribution < 1.29 is 19.1 Å². The molecule has 0 saturated heterocycles. The van der Waals surface area contributed by atoms with Crippen LogP contribution >= 0.6 is 0 Å². The molecule has 1 aromatic carbocycles. The third kappa shape index (κ3) is 4.25. The molecule has 32 heavy (non-hydrogen) atoms. The van der Waals surface area contributed by atoms with Gasteiger partial charge in [-0.1, -0.05) is 19.9 Å². The molecular formula is C22H24N6O4. The lowest BCUT2D eigenvalue weighted by Crippen LogP contribution is -2.36. The third-order valence-electron chi connectivity index (χ3n) is 5.41. The summed E-state index contributed by atoms with van der Waals surface area (Å²) in [5.74, 6) is -0.0400. The normalized spacial score (nSPS) is 13.8. The van der Waals surface area contributed by atoms with E-state index in [0.29, 0.717) is 28.0 Å². The molecule has 1 atom stereocenters. The average molecular weight is 436 g/mol. The number of benzene rings is 1. The molecule has 10 heteroatoms. The number of aromatic nitrogens is 3. The summed E-state index contributed by atoms with van der Waals surface area (Å²) in [6.45, 7) is 6.18. The topological polar surface area (TPSA) is 138 Å². The Morgan fingerprint density at radius 3 is 2.78 bits per heavy atom. The Kier molecular flexibility index (Phi) is 5.76. The molecule has 0 aliphatic carbocycles. The highest BCUT2D eigenvalue weighted by Crippen LogP contribution is 2.28. The zero-order chi connectivity index (χ0) is 22.8. The summed E-state index contributed by atoms with van der Waals surface area (Å²) in [5.41, 5.74) is 2.61. The highest BCUT2D eigenvalue weighted by atomic mass is 16.5. The highest BCUT2D eigenvalue weighted by Gasteiger charge is 2.21. The quantitative estimate of drug-likeness (QED) is 0.466. The Morgan fingerprint density at radius 1 is 1.19 bits per heavy atom. The van der Waals surface area contributed by atoms with Gasteiger partial charge in [-0.05, 0) is 30.5 Å². The number of amides is 3. The first-order valence-electron chi connectivity index (χ1n) is 10.3. The van der Waals surface area contributed by atoms with E-state index in [1.165, 1.54) is 12.5 Å². The first-order chi connectivity index (χ1) is 15.3. The Morgan fingerprint density at radius 2 is 2.00 bits per heavy atom. The van der Waals surface area contributed by atoms with Crippen LogP contribution in [-0.4, -0.2) is 45.3 Å². The van der Waals surface area contributed by atoms with Gasteiger partial charge in [0.2, 0.25) is 0 Å². The van der Waals surface area contributed by atoms with Crippen molar-refractivity contribution in [2.45, 2.75) is 33.4 Å². The molecule has 2 aromatic heterocycles. The lowest BCUT2D eigenvalue weighted by atomic mass is 10.1. The second-order valence-corrected chi connectivity index (χ2v) is 8.00. The fraction of sp³-hybridized carbons (Fsp3) is 0.318. The van der Waals surface area contributed by atoms with Crippen molar-refractivity contribution in [3.8, 4) is 5.75 Å². The van der Waals surface area contributed by atoms with E-state index in [9.17, 15) is 14.4 Å². The highest BCUT2D eigenvalue weighted by molar-refractivity contribution is 6.10. The Bertz CT molecular complexity index is 1200. The first-order valence-corrected chi connectivity index (χ1v) is 10.3. The van der Waals surface area contributed by atoms with Gasteiger partial charge in [0.15, 0.2) is 12.3 Å². The average Bonchev–Trinajstić information content (AvgIpc) is 3.21. The number of rotatable bonds is 6. The van der Waals surface area contributed by atoms with Crippen LogP contribution < -0.4 is 20.7 Å². The van der Waals surface area contributed by atoms with Crippen molar-refractivity contribution in [3.05, 3.63) is 47.5 Å². The van der Waals surface area contributed by atoms with Gasteiger partial charge in [-0.25, -0.2) is 9.97 Å². The van der Waals surface area contributed by atoms with Crippen LogP contribution in [0, 0.1) is 5.92 Å². The van der Waals surface area contributed by atoms with Crippen molar-refractivity contribution in [2.24, 2.45) is 5.92 Å². The van der Waals surface area contributed by atoms with Crippen LogP contribution in [0.3, 0.4) is 0 Å². The number of carbonyl (C=O) groups is 3. The largest absolute Gasteiger partial charge is 0.482 e. The van der Waals surface area contributed by atoms with E-state index in [1.54, 1.807) is 18.2 Å². The van der Waals surface area contributed by atoms with Gasteiger partial charge in [0.05, 0.1) is 16.8 Å². The van der Waals surface area contributed by atoms with Gasteiger partial charge >= 0.3 is 0 Å². The van der Waals surface area contributed by atoms with Crippen LogP contribution in [0.25, 0.3) is 11.0 Å². The maximum absolute atomic E-state index is 12.8. The van der Waals surface area contributed by atoms with Gasteiger partial charge in [-0.3, -0.25) is 14.4 Å².